The monoisotopic (exact) mass is 602 g/mol. The number of aryl methyl sites for hydroxylation is 2. The minimum Gasteiger partial charge on any atom is -0.366 e. The van der Waals surface area contributed by atoms with Crippen LogP contribution in [0.2, 0.25) is 0 Å². The molecule has 3 aromatic heterocycles. The number of carbonyl (C=O) groups is 2. The van der Waals surface area contributed by atoms with Gasteiger partial charge in [-0.05, 0) is 87.8 Å². The van der Waals surface area contributed by atoms with Crippen LogP contribution in [0.25, 0.3) is 27.8 Å². The van der Waals surface area contributed by atoms with Crippen molar-refractivity contribution < 1.29 is 9.59 Å². The van der Waals surface area contributed by atoms with Gasteiger partial charge in [0.15, 0.2) is 5.69 Å². The summed E-state index contributed by atoms with van der Waals surface area (Å²) in [5.74, 6) is 1.74. The maximum absolute atomic E-state index is 13.8. The number of benzene rings is 2. The number of primary amides is 1. The number of anilines is 1. The fraction of sp³-hybridized carbons (Fsp3) is 0.265. The molecule has 11 heteroatoms. The molecule has 0 bridgehead atoms. The smallest absolute Gasteiger partial charge is 0.351 e. The number of terminal acetylenes is 1. The molecule has 5 aromatic rings. The summed E-state index contributed by atoms with van der Waals surface area (Å²) < 4.78 is 4.82. The van der Waals surface area contributed by atoms with Crippen molar-refractivity contribution in [2.24, 2.45) is 18.2 Å². The molecule has 0 radical (unpaired) electrons. The van der Waals surface area contributed by atoms with Crippen LogP contribution in [-0.2, 0) is 13.6 Å². The molecule has 0 atom stereocenters. The van der Waals surface area contributed by atoms with Crippen LogP contribution in [0.15, 0.2) is 65.5 Å². The molecule has 228 valence electrons. The molecule has 2 aromatic carbocycles. The van der Waals surface area contributed by atoms with Gasteiger partial charge < -0.3 is 20.5 Å². The second kappa shape index (κ2) is 11.2. The zero-order chi connectivity index (χ0) is 32.0. The van der Waals surface area contributed by atoms with Crippen LogP contribution in [0.3, 0.4) is 0 Å². The van der Waals surface area contributed by atoms with Crippen LogP contribution >= 0.6 is 0 Å². The highest BCUT2D eigenvalue weighted by molar-refractivity contribution is 6.12. The quantitative estimate of drug-likeness (QED) is 0.248. The lowest BCUT2D eigenvalue weighted by molar-refractivity contribution is 0.0995. The van der Waals surface area contributed by atoms with Crippen molar-refractivity contribution in [1.82, 2.24) is 28.8 Å². The molecule has 2 amide bonds. The lowest BCUT2D eigenvalue weighted by Crippen LogP contribution is -2.27. The minimum absolute atomic E-state index is 0.0588. The topological polar surface area (TPSA) is 133 Å². The molecule has 45 heavy (non-hydrogen) atoms. The second-order valence-electron chi connectivity index (χ2n) is 12.1. The van der Waals surface area contributed by atoms with Gasteiger partial charge in [-0.15, -0.1) is 11.5 Å². The fourth-order valence-corrected chi connectivity index (χ4v) is 6.05. The van der Waals surface area contributed by atoms with Crippen LogP contribution < -0.4 is 16.7 Å². The van der Waals surface area contributed by atoms with E-state index in [0.29, 0.717) is 34.9 Å². The number of nitrogens with zero attached hydrogens (tertiary/aromatic N) is 6. The van der Waals surface area contributed by atoms with Crippen LogP contribution in [0.1, 0.15) is 45.2 Å². The highest BCUT2D eigenvalue weighted by Crippen LogP contribution is 2.49. The first-order chi connectivity index (χ1) is 21.5. The van der Waals surface area contributed by atoms with Gasteiger partial charge >= 0.3 is 5.69 Å². The van der Waals surface area contributed by atoms with Crippen molar-refractivity contribution >= 4 is 28.4 Å². The zero-order valence-corrected chi connectivity index (χ0v) is 25.7. The Morgan fingerprint density at radius 2 is 1.84 bits per heavy atom. The molecule has 3 N–H and O–H groups in total. The molecule has 3 heterocycles. The molecular weight excluding hydrogens is 568 g/mol. The maximum atomic E-state index is 13.8. The number of nitrogens with two attached hydrogens (primary N) is 1. The van der Waals surface area contributed by atoms with Crippen molar-refractivity contribution in [1.29, 1.82) is 0 Å². The Labute approximate surface area is 260 Å². The van der Waals surface area contributed by atoms with Crippen LogP contribution in [-0.4, -0.2) is 61.3 Å². The van der Waals surface area contributed by atoms with Gasteiger partial charge in [0.25, 0.3) is 5.91 Å². The third kappa shape index (κ3) is 5.63. The maximum Gasteiger partial charge on any atom is 0.351 e. The Kier molecular flexibility index (Phi) is 7.38. The number of nitrogens with one attached hydrogen (secondary N) is 1. The summed E-state index contributed by atoms with van der Waals surface area (Å²) >= 11 is 0. The fourth-order valence-electron chi connectivity index (χ4n) is 6.05. The molecular formula is C34H34N8O3. The van der Waals surface area contributed by atoms with E-state index in [0.717, 1.165) is 41.5 Å². The number of pyridine rings is 1. The Balaban J connectivity index is 1.48. The Morgan fingerprint density at radius 3 is 2.49 bits per heavy atom. The number of carbonyl (C=O) groups excluding carboxylic acids is 2. The molecule has 11 nitrogen and oxygen atoms in total. The predicted molar refractivity (Wildman–Crippen MR) is 173 cm³/mol. The molecule has 1 aliphatic carbocycles. The zero-order valence-electron chi connectivity index (χ0n) is 25.7. The average Bonchev–Trinajstić information content (AvgIpc) is 3.56. The summed E-state index contributed by atoms with van der Waals surface area (Å²) in [6.45, 7) is 3.46. The highest BCUT2D eigenvalue weighted by atomic mass is 16.2. The number of aromatic nitrogens is 5. The van der Waals surface area contributed by atoms with E-state index in [1.807, 2.05) is 37.3 Å². The van der Waals surface area contributed by atoms with Gasteiger partial charge in [-0.2, -0.15) is 0 Å². The minimum atomic E-state index is -0.578. The Bertz CT molecular complexity index is 2070. The van der Waals surface area contributed by atoms with E-state index >= 15 is 0 Å². The first-order valence-corrected chi connectivity index (χ1v) is 14.6. The van der Waals surface area contributed by atoms with Crippen molar-refractivity contribution in [3.8, 4) is 29.3 Å². The molecule has 0 aliphatic heterocycles. The lowest BCUT2D eigenvalue weighted by Gasteiger charge is -2.23. The van der Waals surface area contributed by atoms with Gasteiger partial charge in [-0.3, -0.25) is 9.59 Å². The second-order valence-corrected chi connectivity index (χ2v) is 12.1. The number of hydrogen-bond acceptors (Lipinski definition) is 6. The standard InChI is InChI=1S/C34H34N8O3/c1-6-28-38-40(5)33(45)42(28)26-12-10-22(11-13-26)27-18-24-16-21(2)36-29(30(24)41(27)20-34(14-15-34)19-39(3)4)32(44)37-25-9-7-8-23(17-25)31(35)43/h1,7-13,16-18H,14-15,19-20H2,2-5H3,(H2,35,43)(H,37,44). The number of amides is 2. The molecule has 6 rings (SSSR count). The van der Waals surface area contributed by atoms with Crippen LogP contribution in [0.5, 0.6) is 0 Å². The van der Waals surface area contributed by atoms with E-state index in [-0.39, 0.29) is 22.8 Å². The van der Waals surface area contributed by atoms with Gasteiger partial charge in [0.05, 0.1) is 11.2 Å². The summed E-state index contributed by atoms with van der Waals surface area (Å²) in [5, 5.41) is 7.93. The van der Waals surface area contributed by atoms with Crippen molar-refractivity contribution in [2.75, 3.05) is 26.0 Å². The summed E-state index contributed by atoms with van der Waals surface area (Å²) in [7, 11) is 5.71. The van der Waals surface area contributed by atoms with Crippen molar-refractivity contribution in [3.63, 3.8) is 0 Å². The first-order valence-electron chi connectivity index (χ1n) is 14.6. The van der Waals surface area contributed by atoms with Gasteiger partial charge in [0.1, 0.15) is 0 Å². The molecule has 0 spiro atoms. The number of hydrogen-bond donors (Lipinski definition) is 2. The average molecular weight is 603 g/mol. The number of rotatable bonds is 9. The molecule has 1 fully saturated rings. The predicted octanol–water partition coefficient (Wildman–Crippen LogP) is 3.57. The van der Waals surface area contributed by atoms with Crippen LogP contribution in [0, 0.1) is 24.7 Å². The Morgan fingerprint density at radius 1 is 1.11 bits per heavy atom. The molecule has 1 saturated carbocycles. The Hall–Kier alpha value is -5.47. The third-order valence-electron chi connectivity index (χ3n) is 8.20. The number of fused-ring (bicyclic) bond motifs is 1. The van der Waals surface area contributed by atoms with E-state index in [1.54, 1.807) is 31.3 Å². The third-order valence-corrected chi connectivity index (χ3v) is 8.20. The van der Waals surface area contributed by atoms with Gasteiger partial charge in [0, 0.05) is 53.6 Å². The van der Waals surface area contributed by atoms with E-state index < -0.39 is 5.91 Å². The largest absolute Gasteiger partial charge is 0.366 e. The molecule has 0 saturated heterocycles. The normalized spacial score (nSPS) is 13.6. The van der Waals surface area contributed by atoms with Gasteiger partial charge in [-0.1, -0.05) is 18.2 Å². The highest BCUT2D eigenvalue weighted by Gasteiger charge is 2.44. The molecule has 1 aliphatic rings. The first kappa shape index (κ1) is 29.6. The van der Waals surface area contributed by atoms with E-state index in [2.05, 4.69) is 46.0 Å². The van der Waals surface area contributed by atoms with E-state index in [9.17, 15) is 14.4 Å². The summed E-state index contributed by atoms with van der Waals surface area (Å²) in [6.07, 6.45) is 7.77. The summed E-state index contributed by atoms with van der Waals surface area (Å²) in [6, 6.07) is 18.2. The van der Waals surface area contributed by atoms with Gasteiger partial charge in [0.2, 0.25) is 11.7 Å². The van der Waals surface area contributed by atoms with Crippen LogP contribution in [0.4, 0.5) is 5.69 Å². The van der Waals surface area contributed by atoms with E-state index in [4.69, 9.17) is 17.1 Å². The SMILES string of the molecule is C#Cc1nn(C)c(=O)n1-c1ccc(-c2cc3cc(C)nc(C(=O)Nc4cccc(C(N)=O)c4)c3n2CC2(CN(C)C)CC2)cc1. The van der Waals surface area contributed by atoms with Gasteiger partial charge in [-0.25, -0.2) is 19.0 Å². The van der Waals surface area contributed by atoms with Crippen molar-refractivity contribution in [3.05, 3.63) is 93.9 Å². The lowest BCUT2D eigenvalue weighted by atomic mass is 10.1. The summed E-state index contributed by atoms with van der Waals surface area (Å²) in [5.41, 5.74) is 10.1. The summed E-state index contributed by atoms with van der Waals surface area (Å²) in [4.78, 5) is 45.2. The van der Waals surface area contributed by atoms with Crippen molar-refractivity contribution in [2.45, 2.75) is 26.3 Å². The van der Waals surface area contributed by atoms with E-state index in [1.165, 1.54) is 9.25 Å². The molecule has 0 unspecified atom stereocenters.